The fraction of sp³-hybridized carbons (Fsp3) is 0.500. The highest BCUT2D eigenvalue weighted by molar-refractivity contribution is 5.77. The van der Waals surface area contributed by atoms with Gasteiger partial charge in [-0.15, -0.1) is 0 Å². The highest BCUT2D eigenvalue weighted by atomic mass is 16.1. The van der Waals surface area contributed by atoms with Crippen molar-refractivity contribution in [3.63, 3.8) is 0 Å². The number of nitrogens with one attached hydrogen (secondary N) is 1. The number of benzene rings is 1. The van der Waals surface area contributed by atoms with Gasteiger partial charge < -0.3 is 9.88 Å². The van der Waals surface area contributed by atoms with Gasteiger partial charge in [0.2, 0.25) is 5.91 Å². The van der Waals surface area contributed by atoms with Crippen LogP contribution in [0.3, 0.4) is 0 Å². The number of nitrogens with zero attached hydrogens (tertiary/aromatic N) is 2. The largest absolute Gasteiger partial charge is 0.347 e. The highest BCUT2D eigenvalue weighted by Crippen LogP contribution is 2.21. The van der Waals surface area contributed by atoms with Crippen LogP contribution in [-0.4, -0.2) is 15.5 Å². The quantitative estimate of drug-likeness (QED) is 0.820. The van der Waals surface area contributed by atoms with E-state index in [0.29, 0.717) is 0 Å². The Morgan fingerprint density at radius 3 is 2.80 bits per heavy atom. The van der Waals surface area contributed by atoms with Crippen molar-refractivity contribution in [2.45, 2.75) is 52.6 Å². The summed E-state index contributed by atoms with van der Waals surface area (Å²) in [5.74, 6) is 0.919. The maximum absolute atomic E-state index is 11.3. The molecule has 0 spiro atoms. The van der Waals surface area contributed by atoms with E-state index in [2.05, 4.69) is 22.9 Å². The Kier molecular flexibility index (Phi) is 4.77. The fourth-order valence-corrected chi connectivity index (χ4v) is 2.55. The molecule has 0 bridgehead atoms. The number of carbonyl (C=O) groups is 1. The molecular weight excluding hydrogens is 250 g/mol. The lowest BCUT2D eigenvalue weighted by molar-refractivity contribution is -0.119. The minimum Gasteiger partial charge on any atom is -0.347 e. The van der Waals surface area contributed by atoms with E-state index < -0.39 is 0 Å². The monoisotopic (exact) mass is 273 g/mol. The third-order valence-electron chi connectivity index (χ3n) is 3.48. The number of carbonyl (C=O) groups excluding carboxylic acids is 1. The predicted octanol–water partition coefficient (Wildman–Crippen LogP) is 3.42. The van der Waals surface area contributed by atoms with Gasteiger partial charge in [0.05, 0.1) is 17.1 Å². The van der Waals surface area contributed by atoms with Crippen LogP contribution in [0.4, 0.5) is 0 Å². The molecule has 108 valence electrons. The Balaban J connectivity index is 2.35. The second-order valence-corrected chi connectivity index (χ2v) is 5.24. The normalized spacial score (nSPS) is 12.6. The third-order valence-corrected chi connectivity index (χ3v) is 3.48. The first kappa shape index (κ1) is 14.6. The van der Waals surface area contributed by atoms with Crippen molar-refractivity contribution in [1.82, 2.24) is 14.9 Å². The maximum Gasteiger partial charge on any atom is 0.217 e. The lowest BCUT2D eigenvalue weighted by Gasteiger charge is -2.15. The summed E-state index contributed by atoms with van der Waals surface area (Å²) < 4.78 is 2.24. The first-order chi connectivity index (χ1) is 9.63. The van der Waals surface area contributed by atoms with Gasteiger partial charge in [-0.25, -0.2) is 4.98 Å². The molecule has 1 aromatic carbocycles. The summed E-state index contributed by atoms with van der Waals surface area (Å²) in [4.78, 5) is 16.0. The molecule has 4 nitrogen and oxygen atoms in total. The molecule has 1 atom stereocenters. The van der Waals surface area contributed by atoms with Crippen LogP contribution >= 0.6 is 0 Å². The standard InChI is InChI=1S/C16H23N3O/c1-4-5-8-11-19-15-10-7-6-9-14(15)18-16(19)12(2)17-13(3)20/h6-7,9-10,12H,4-5,8,11H2,1-3H3,(H,17,20)/t12-/m0/s1. The molecule has 20 heavy (non-hydrogen) atoms. The third kappa shape index (κ3) is 3.18. The molecule has 1 N–H and O–H groups in total. The summed E-state index contributed by atoms with van der Waals surface area (Å²) in [5.41, 5.74) is 2.15. The summed E-state index contributed by atoms with van der Waals surface area (Å²) in [6.07, 6.45) is 3.54. The van der Waals surface area contributed by atoms with Gasteiger partial charge in [-0.1, -0.05) is 31.9 Å². The van der Waals surface area contributed by atoms with Gasteiger partial charge in [0.15, 0.2) is 0 Å². The SMILES string of the molecule is CCCCCn1c([C@H](C)NC(C)=O)nc2ccccc21. The molecule has 4 heteroatoms. The Hall–Kier alpha value is -1.84. The Morgan fingerprint density at radius 1 is 1.35 bits per heavy atom. The van der Waals surface area contributed by atoms with Crippen molar-refractivity contribution in [2.24, 2.45) is 0 Å². The van der Waals surface area contributed by atoms with E-state index >= 15 is 0 Å². The second kappa shape index (κ2) is 6.55. The van der Waals surface area contributed by atoms with Crippen LogP contribution in [0.1, 0.15) is 51.9 Å². The molecule has 0 radical (unpaired) electrons. The lowest BCUT2D eigenvalue weighted by atomic mass is 10.2. The van der Waals surface area contributed by atoms with Crippen LogP contribution in [0.25, 0.3) is 11.0 Å². The van der Waals surface area contributed by atoms with Gasteiger partial charge >= 0.3 is 0 Å². The van der Waals surface area contributed by atoms with E-state index in [-0.39, 0.29) is 11.9 Å². The number of aromatic nitrogens is 2. The Morgan fingerprint density at radius 2 is 2.10 bits per heavy atom. The molecule has 0 aliphatic rings. The number of unbranched alkanes of at least 4 members (excludes halogenated alkanes) is 2. The minimum absolute atomic E-state index is 0.0235. The molecule has 0 fully saturated rings. The molecule has 1 aromatic heterocycles. The molecule has 1 heterocycles. The van der Waals surface area contributed by atoms with Gasteiger partial charge in [-0.05, 0) is 25.5 Å². The first-order valence-electron chi connectivity index (χ1n) is 7.35. The van der Waals surface area contributed by atoms with E-state index in [9.17, 15) is 4.79 Å². The Bertz CT molecular complexity index is 588. The van der Waals surface area contributed by atoms with E-state index in [4.69, 9.17) is 4.98 Å². The molecule has 1 amide bonds. The van der Waals surface area contributed by atoms with Crippen LogP contribution in [0, 0.1) is 0 Å². The van der Waals surface area contributed by atoms with E-state index in [1.54, 1.807) is 6.92 Å². The fourth-order valence-electron chi connectivity index (χ4n) is 2.55. The average Bonchev–Trinajstić information content (AvgIpc) is 2.78. The smallest absolute Gasteiger partial charge is 0.217 e. The Labute approximate surface area is 120 Å². The molecule has 2 rings (SSSR count). The van der Waals surface area contributed by atoms with Crippen LogP contribution in [-0.2, 0) is 11.3 Å². The van der Waals surface area contributed by atoms with Gasteiger partial charge in [-0.3, -0.25) is 4.79 Å². The van der Waals surface area contributed by atoms with E-state index in [0.717, 1.165) is 29.8 Å². The van der Waals surface area contributed by atoms with Gasteiger partial charge in [0.25, 0.3) is 0 Å². The molecular formula is C16H23N3O. The van der Waals surface area contributed by atoms with Crippen LogP contribution < -0.4 is 5.32 Å². The number of amides is 1. The number of para-hydroxylation sites is 2. The molecule has 0 unspecified atom stereocenters. The first-order valence-corrected chi connectivity index (χ1v) is 7.35. The van der Waals surface area contributed by atoms with Crippen molar-refractivity contribution in [2.75, 3.05) is 0 Å². The molecule has 0 saturated carbocycles. The number of rotatable bonds is 6. The van der Waals surface area contributed by atoms with Crippen molar-refractivity contribution in [3.05, 3.63) is 30.1 Å². The summed E-state index contributed by atoms with van der Waals surface area (Å²) in [6, 6.07) is 8.08. The summed E-state index contributed by atoms with van der Waals surface area (Å²) in [5, 5.41) is 2.93. The summed E-state index contributed by atoms with van der Waals surface area (Å²) in [6.45, 7) is 6.68. The zero-order valence-corrected chi connectivity index (χ0v) is 12.5. The topological polar surface area (TPSA) is 46.9 Å². The zero-order valence-electron chi connectivity index (χ0n) is 12.5. The maximum atomic E-state index is 11.3. The van der Waals surface area contributed by atoms with Crippen LogP contribution in [0.2, 0.25) is 0 Å². The lowest BCUT2D eigenvalue weighted by Crippen LogP contribution is -2.26. The number of hydrogen-bond acceptors (Lipinski definition) is 2. The van der Waals surface area contributed by atoms with Gasteiger partial charge in [0, 0.05) is 13.5 Å². The van der Waals surface area contributed by atoms with E-state index in [1.807, 2.05) is 25.1 Å². The molecule has 0 saturated heterocycles. The van der Waals surface area contributed by atoms with Crippen LogP contribution in [0.15, 0.2) is 24.3 Å². The number of imidazole rings is 1. The summed E-state index contributed by atoms with van der Waals surface area (Å²) >= 11 is 0. The van der Waals surface area contributed by atoms with E-state index in [1.165, 1.54) is 12.8 Å². The zero-order chi connectivity index (χ0) is 14.5. The van der Waals surface area contributed by atoms with Crippen LogP contribution in [0.5, 0.6) is 0 Å². The summed E-state index contributed by atoms with van der Waals surface area (Å²) in [7, 11) is 0. The molecule has 0 aliphatic carbocycles. The van der Waals surface area contributed by atoms with Crippen molar-refractivity contribution >= 4 is 16.9 Å². The highest BCUT2D eigenvalue weighted by Gasteiger charge is 2.16. The number of fused-ring (bicyclic) bond motifs is 1. The number of aryl methyl sites for hydroxylation is 1. The molecule has 2 aromatic rings. The van der Waals surface area contributed by atoms with Crippen molar-refractivity contribution in [3.8, 4) is 0 Å². The van der Waals surface area contributed by atoms with Gasteiger partial charge in [-0.2, -0.15) is 0 Å². The number of hydrogen-bond donors (Lipinski definition) is 1. The average molecular weight is 273 g/mol. The minimum atomic E-state index is -0.0680. The van der Waals surface area contributed by atoms with Crippen molar-refractivity contribution < 1.29 is 4.79 Å². The molecule has 0 aliphatic heterocycles. The van der Waals surface area contributed by atoms with Crippen molar-refractivity contribution in [1.29, 1.82) is 0 Å². The second-order valence-electron chi connectivity index (χ2n) is 5.24. The predicted molar refractivity (Wildman–Crippen MR) is 81.5 cm³/mol. The van der Waals surface area contributed by atoms with Gasteiger partial charge in [0.1, 0.15) is 5.82 Å².